The standard InChI is InChI=1S/C13H21N3O/c1-9-12(10(2)16-15-9)7-8-13(17)14-11-5-3-4-6-11/h11H,3-8H2,1-2H3,(H,14,17)(H,15,16). The van der Waals surface area contributed by atoms with Crippen LogP contribution in [-0.4, -0.2) is 22.1 Å². The fourth-order valence-electron chi connectivity index (χ4n) is 2.55. The molecule has 1 aromatic rings. The van der Waals surface area contributed by atoms with Gasteiger partial charge in [0, 0.05) is 18.2 Å². The van der Waals surface area contributed by atoms with E-state index in [0.717, 1.165) is 30.7 Å². The number of hydrogen-bond acceptors (Lipinski definition) is 2. The zero-order valence-corrected chi connectivity index (χ0v) is 10.7. The number of H-pyrrole nitrogens is 1. The third kappa shape index (κ3) is 3.08. The predicted molar refractivity (Wildman–Crippen MR) is 66.8 cm³/mol. The van der Waals surface area contributed by atoms with E-state index in [1.54, 1.807) is 0 Å². The van der Waals surface area contributed by atoms with Gasteiger partial charge in [-0.25, -0.2) is 0 Å². The molecule has 2 N–H and O–H groups in total. The van der Waals surface area contributed by atoms with Gasteiger partial charge >= 0.3 is 0 Å². The van der Waals surface area contributed by atoms with Crippen molar-refractivity contribution in [3.63, 3.8) is 0 Å². The SMILES string of the molecule is Cc1n[nH]c(C)c1CCC(=O)NC1CCCC1. The highest BCUT2D eigenvalue weighted by Gasteiger charge is 2.17. The highest BCUT2D eigenvalue weighted by Crippen LogP contribution is 2.18. The molecule has 1 saturated carbocycles. The Bertz CT molecular complexity index is 372. The Balaban J connectivity index is 1.79. The maximum absolute atomic E-state index is 11.8. The largest absolute Gasteiger partial charge is 0.353 e. The number of nitrogens with zero attached hydrogens (tertiary/aromatic N) is 1. The van der Waals surface area contributed by atoms with Crippen molar-refractivity contribution in [3.05, 3.63) is 17.0 Å². The van der Waals surface area contributed by atoms with Crippen molar-refractivity contribution >= 4 is 5.91 Å². The number of nitrogens with one attached hydrogen (secondary N) is 2. The smallest absolute Gasteiger partial charge is 0.220 e. The first-order valence-electron chi connectivity index (χ1n) is 6.46. The Hall–Kier alpha value is -1.32. The Morgan fingerprint density at radius 3 is 2.71 bits per heavy atom. The van der Waals surface area contributed by atoms with Crippen molar-refractivity contribution < 1.29 is 4.79 Å². The third-order valence-corrected chi connectivity index (χ3v) is 3.60. The zero-order valence-electron chi connectivity index (χ0n) is 10.7. The van der Waals surface area contributed by atoms with Crippen LogP contribution in [0.4, 0.5) is 0 Å². The molecule has 1 amide bonds. The molecule has 0 unspecified atom stereocenters. The Morgan fingerprint density at radius 1 is 1.41 bits per heavy atom. The van der Waals surface area contributed by atoms with Gasteiger partial charge in [0.05, 0.1) is 5.69 Å². The first-order chi connectivity index (χ1) is 8.16. The summed E-state index contributed by atoms with van der Waals surface area (Å²) in [5, 5.41) is 10.2. The lowest BCUT2D eigenvalue weighted by Crippen LogP contribution is -2.32. The van der Waals surface area contributed by atoms with Gasteiger partial charge in [0.25, 0.3) is 0 Å². The average Bonchev–Trinajstić information content (AvgIpc) is 2.88. The third-order valence-electron chi connectivity index (χ3n) is 3.60. The van der Waals surface area contributed by atoms with Crippen LogP contribution in [0.15, 0.2) is 0 Å². The summed E-state index contributed by atoms with van der Waals surface area (Å²) in [7, 11) is 0. The molecule has 1 aliphatic rings. The van der Waals surface area contributed by atoms with E-state index in [1.165, 1.54) is 18.4 Å². The van der Waals surface area contributed by atoms with Gasteiger partial charge in [0.15, 0.2) is 0 Å². The maximum atomic E-state index is 11.8. The van der Waals surface area contributed by atoms with E-state index in [1.807, 2.05) is 13.8 Å². The second-order valence-electron chi connectivity index (χ2n) is 4.96. The van der Waals surface area contributed by atoms with Gasteiger partial charge in [-0.15, -0.1) is 0 Å². The monoisotopic (exact) mass is 235 g/mol. The molecule has 1 aliphatic carbocycles. The number of carbonyl (C=O) groups is 1. The minimum atomic E-state index is 0.178. The number of amides is 1. The number of aryl methyl sites for hydroxylation is 2. The van der Waals surface area contributed by atoms with E-state index < -0.39 is 0 Å². The summed E-state index contributed by atoms with van der Waals surface area (Å²) in [6, 6.07) is 0.425. The predicted octanol–water partition coefficient (Wildman–Crippen LogP) is 2.02. The summed E-state index contributed by atoms with van der Waals surface area (Å²) >= 11 is 0. The number of hydrogen-bond donors (Lipinski definition) is 2. The van der Waals surface area contributed by atoms with E-state index in [2.05, 4.69) is 15.5 Å². The zero-order chi connectivity index (χ0) is 12.3. The van der Waals surface area contributed by atoms with Crippen molar-refractivity contribution in [1.29, 1.82) is 0 Å². The lowest BCUT2D eigenvalue weighted by Gasteiger charge is -2.11. The van der Waals surface area contributed by atoms with Crippen LogP contribution < -0.4 is 5.32 Å². The van der Waals surface area contributed by atoms with Crippen LogP contribution in [-0.2, 0) is 11.2 Å². The molecule has 1 fully saturated rings. The summed E-state index contributed by atoms with van der Waals surface area (Å²) in [6.07, 6.45) is 6.16. The number of carbonyl (C=O) groups excluding carboxylic acids is 1. The number of aromatic amines is 1. The molecule has 1 heterocycles. The Morgan fingerprint density at radius 2 is 2.12 bits per heavy atom. The molecule has 1 aromatic heterocycles. The van der Waals surface area contributed by atoms with Gasteiger partial charge in [0.1, 0.15) is 0 Å². The lowest BCUT2D eigenvalue weighted by atomic mass is 10.1. The van der Waals surface area contributed by atoms with E-state index in [9.17, 15) is 4.79 Å². The first-order valence-corrected chi connectivity index (χ1v) is 6.46. The van der Waals surface area contributed by atoms with Crippen molar-refractivity contribution in [1.82, 2.24) is 15.5 Å². The summed E-state index contributed by atoms with van der Waals surface area (Å²) < 4.78 is 0. The molecular formula is C13H21N3O. The fraction of sp³-hybridized carbons (Fsp3) is 0.692. The Kier molecular flexibility index (Phi) is 3.82. The van der Waals surface area contributed by atoms with Gasteiger partial charge in [-0.2, -0.15) is 5.10 Å². The summed E-state index contributed by atoms with van der Waals surface area (Å²) in [5.41, 5.74) is 3.28. The van der Waals surface area contributed by atoms with Gasteiger partial charge in [-0.3, -0.25) is 9.89 Å². The highest BCUT2D eigenvalue weighted by atomic mass is 16.1. The molecule has 94 valence electrons. The van der Waals surface area contributed by atoms with Crippen LogP contribution >= 0.6 is 0 Å². The molecule has 4 heteroatoms. The minimum absolute atomic E-state index is 0.178. The molecule has 0 saturated heterocycles. The van der Waals surface area contributed by atoms with Crippen LogP contribution in [0, 0.1) is 13.8 Å². The van der Waals surface area contributed by atoms with E-state index in [4.69, 9.17) is 0 Å². The van der Waals surface area contributed by atoms with E-state index in [0.29, 0.717) is 12.5 Å². The quantitative estimate of drug-likeness (QED) is 0.838. The van der Waals surface area contributed by atoms with Gasteiger partial charge in [0.2, 0.25) is 5.91 Å². The van der Waals surface area contributed by atoms with Crippen molar-refractivity contribution in [2.75, 3.05) is 0 Å². The van der Waals surface area contributed by atoms with Gasteiger partial charge in [-0.05, 0) is 38.7 Å². The van der Waals surface area contributed by atoms with Gasteiger partial charge < -0.3 is 5.32 Å². The van der Waals surface area contributed by atoms with Crippen LogP contribution in [0.2, 0.25) is 0 Å². The van der Waals surface area contributed by atoms with Crippen molar-refractivity contribution in [2.24, 2.45) is 0 Å². The van der Waals surface area contributed by atoms with E-state index >= 15 is 0 Å². The van der Waals surface area contributed by atoms with Crippen LogP contribution in [0.25, 0.3) is 0 Å². The molecule has 0 atom stereocenters. The molecule has 2 rings (SSSR count). The van der Waals surface area contributed by atoms with Crippen LogP contribution in [0.1, 0.15) is 49.1 Å². The lowest BCUT2D eigenvalue weighted by molar-refractivity contribution is -0.121. The molecular weight excluding hydrogens is 214 g/mol. The Labute approximate surface area is 102 Å². The molecule has 0 aromatic carbocycles. The normalized spacial score (nSPS) is 16.4. The molecule has 0 spiro atoms. The molecule has 17 heavy (non-hydrogen) atoms. The van der Waals surface area contributed by atoms with Crippen LogP contribution in [0.5, 0.6) is 0 Å². The molecule has 0 aliphatic heterocycles. The van der Waals surface area contributed by atoms with Crippen molar-refractivity contribution in [3.8, 4) is 0 Å². The van der Waals surface area contributed by atoms with E-state index in [-0.39, 0.29) is 5.91 Å². The minimum Gasteiger partial charge on any atom is -0.353 e. The summed E-state index contributed by atoms with van der Waals surface area (Å²) in [4.78, 5) is 11.8. The first kappa shape index (κ1) is 12.1. The second-order valence-corrected chi connectivity index (χ2v) is 4.96. The molecule has 0 bridgehead atoms. The maximum Gasteiger partial charge on any atom is 0.220 e. The molecule has 0 radical (unpaired) electrons. The molecule has 4 nitrogen and oxygen atoms in total. The van der Waals surface area contributed by atoms with Crippen LogP contribution in [0.3, 0.4) is 0 Å². The van der Waals surface area contributed by atoms with Gasteiger partial charge in [-0.1, -0.05) is 12.8 Å². The average molecular weight is 235 g/mol. The van der Waals surface area contributed by atoms with Crippen molar-refractivity contribution in [2.45, 2.75) is 58.4 Å². The number of rotatable bonds is 4. The fourth-order valence-corrected chi connectivity index (χ4v) is 2.55. The number of aromatic nitrogens is 2. The second kappa shape index (κ2) is 5.34. The topological polar surface area (TPSA) is 57.8 Å². The highest BCUT2D eigenvalue weighted by molar-refractivity contribution is 5.76. The summed E-state index contributed by atoms with van der Waals surface area (Å²) in [5.74, 6) is 0.178. The summed E-state index contributed by atoms with van der Waals surface area (Å²) in [6.45, 7) is 3.98.